The van der Waals surface area contributed by atoms with E-state index in [0.29, 0.717) is 25.5 Å². The highest BCUT2D eigenvalue weighted by Crippen LogP contribution is 2.35. The highest BCUT2D eigenvalue weighted by Gasteiger charge is 2.16. The number of allylic oxidation sites excluding steroid dienone is 26. The summed E-state index contributed by atoms with van der Waals surface area (Å²) in [4.78, 5) is 6.86. The molecule has 6 rings (SSSR count). The van der Waals surface area contributed by atoms with E-state index in [1.165, 1.54) is 66.9 Å². The van der Waals surface area contributed by atoms with Gasteiger partial charge in [-0.2, -0.15) is 0 Å². The molecule has 73 heavy (non-hydrogen) atoms. The minimum atomic E-state index is 0. The van der Waals surface area contributed by atoms with Crippen LogP contribution in [0.1, 0.15) is 111 Å². The molecular formula is C59H64F10N4. The monoisotopic (exact) mass is 1020 g/mol. The Morgan fingerprint density at radius 3 is 1.26 bits per heavy atom. The Hall–Kier alpha value is -7.68. The fourth-order valence-corrected chi connectivity index (χ4v) is 7.85. The smallest absolute Gasteiger partial charge is 0.255 e. The Labute approximate surface area is 426 Å². The van der Waals surface area contributed by atoms with Gasteiger partial charge in [0.2, 0.25) is 0 Å². The summed E-state index contributed by atoms with van der Waals surface area (Å²) in [7, 11) is 1.00. The lowest BCUT2D eigenvalue weighted by molar-refractivity contribution is 0.108. The van der Waals surface area contributed by atoms with E-state index in [1.54, 1.807) is 0 Å². The first-order valence-electron chi connectivity index (χ1n) is 22.1. The number of rotatable bonds is 9. The third-order valence-corrected chi connectivity index (χ3v) is 11.9. The predicted molar refractivity (Wildman–Crippen MR) is 280 cm³/mol. The maximum Gasteiger partial charge on any atom is 0.269 e. The molecule has 0 aliphatic heterocycles. The van der Waals surface area contributed by atoms with Gasteiger partial charge < -0.3 is 0 Å². The largest absolute Gasteiger partial charge is 0.269 e. The first-order valence-corrected chi connectivity index (χ1v) is 22.1. The van der Waals surface area contributed by atoms with Crippen LogP contribution in [0.25, 0.3) is 20.8 Å². The Bertz CT molecular complexity index is 2590. The second kappa shape index (κ2) is 42.0. The molecule has 0 saturated heterocycles. The van der Waals surface area contributed by atoms with E-state index in [1.807, 2.05) is 85.0 Å². The molecule has 2 aromatic rings. The van der Waals surface area contributed by atoms with E-state index in [9.17, 15) is 19.3 Å². The van der Waals surface area contributed by atoms with E-state index < -0.39 is 0 Å². The van der Waals surface area contributed by atoms with Crippen LogP contribution in [-0.2, 0) is 0 Å². The number of hydrogen-bond acceptors (Lipinski definition) is 2. The summed E-state index contributed by atoms with van der Waals surface area (Å²) in [6, 6.07) is 23.4. The van der Waals surface area contributed by atoms with E-state index >= 15 is 0 Å². The molecule has 0 spiro atoms. The van der Waals surface area contributed by atoms with Gasteiger partial charge in [-0.05, 0) is 171 Å². The molecule has 390 valence electrons. The first kappa shape index (κ1) is 69.6. The lowest BCUT2D eigenvalue weighted by Crippen LogP contribution is -1.95. The molecule has 4 aliphatic rings. The molecule has 0 fully saturated rings. The molecule has 0 unspecified atom stereocenters. The molecule has 0 radical (unpaired) electrons. The summed E-state index contributed by atoms with van der Waals surface area (Å²) in [5.41, 5.74) is 20.0. The topological polar surface area (TPSA) is 56.3 Å². The van der Waals surface area contributed by atoms with Crippen LogP contribution in [0.3, 0.4) is 0 Å². The number of hydrogen-bond donors (Lipinski definition) is 0. The standard InChI is InChI=1S/C29H28N2.C27H26N2.2CH3F.CH4.4F2/c1-21-18-27(23(3)22(21)2)17-16-25-11-8-10-24(19-25)12-9-15-28(29(20-30)31-4)26-13-6-5-7-14-26;1-19-15-25(21(3)20(19)2)14-13-22-9-8-10-23(16-22)17-26(27(18-28)29-4)24-11-6-5-7-12-24;2*1-2;;4*1-2/h5-7,9,12-17,19H,8,10-11,18H2,1-3H3;5-7,11-14,16-17H,8-10,15H2,1-3H3;2*1H3;1H4;;;;/b15-9-,17-16?,24-12+,29-28+;14-13?,23-17+,27-26+;;;;;;;. The van der Waals surface area contributed by atoms with Gasteiger partial charge in [0.25, 0.3) is 11.4 Å². The maximum atomic E-state index is 9.50. The normalized spacial score (nSPS) is 16.3. The van der Waals surface area contributed by atoms with Crippen LogP contribution in [0, 0.1) is 35.8 Å². The van der Waals surface area contributed by atoms with Gasteiger partial charge in [0, 0.05) is 36.6 Å². The molecule has 4 aliphatic carbocycles. The van der Waals surface area contributed by atoms with Crippen LogP contribution in [0.2, 0.25) is 0 Å². The molecule has 0 aromatic heterocycles. The van der Waals surface area contributed by atoms with Crippen molar-refractivity contribution in [3.63, 3.8) is 0 Å². The Morgan fingerprint density at radius 1 is 0.521 bits per heavy atom. The summed E-state index contributed by atoms with van der Waals surface area (Å²) in [6.07, 6.45) is 30.0. The molecule has 0 N–H and O–H groups in total. The van der Waals surface area contributed by atoms with Gasteiger partial charge in [-0.15, -0.1) is 0 Å². The highest BCUT2D eigenvalue weighted by atomic mass is 20.0. The van der Waals surface area contributed by atoms with Gasteiger partial charge in [-0.3, -0.25) is 8.78 Å². The summed E-state index contributed by atoms with van der Waals surface area (Å²) in [6.45, 7) is 28.0. The molecule has 0 atom stereocenters. The minimum Gasteiger partial charge on any atom is -0.255 e. The Morgan fingerprint density at radius 2 is 0.890 bits per heavy atom. The number of nitrogens with zero attached hydrogens (tertiary/aromatic N) is 4. The van der Waals surface area contributed by atoms with Gasteiger partial charge in [0.1, 0.15) is 0 Å². The van der Waals surface area contributed by atoms with Crippen molar-refractivity contribution in [1.29, 1.82) is 10.5 Å². The van der Waals surface area contributed by atoms with Crippen LogP contribution in [-0.4, -0.2) is 14.4 Å². The zero-order chi connectivity index (χ0) is 55.0. The summed E-state index contributed by atoms with van der Waals surface area (Å²) >= 11 is 0. The van der Waals surface area contributed by atoms with Crippen molar-refractivity contribution >= 4 is 11.1 Å². The van der Waals surface area contributed by atoms with Crippen molar-refractivity contribution in [2.75, 3.05) is 14.4 Å². The van der Waals surface area contributed by atoms with Gasteiger partial charge in [0.15, 0.2) is 0 Å². The SMILES string of the molecule is C.CF.CF.FF.FF.FF.FF.[C-]#[N+]/C(C#N)=C(\C=C1\C=C(C=CC2=C(C)C(C)=C(C)C2)CCC1)c1ccccc1.[C-]#[N+]\C(C#N)=C(/C=C\C=C1\C=C(C=CC2=C(C)C(C)=C(C)C2)CCC1)c1ccccc1. The lowest BCUT2D eigenvalue weighted by atomic mass is 9.91. The maximum absolute atomic E-state index is 9.50. The van der Waals surface area contributed by atoms with Gasteiger partial charge in [0.05, 0.1) is 39.6 Å². The Kier molecular flexibility index (Phi) is 40.1. The van der Waals surface area contributed by atoms with Crippen molar-refractivity contribution in [3.05, 3.63) is 234 Å². The van der Waals surface area contributed by atoms with Crippen molar-refractivity contribution < 1.29 is 45.4 Å². The lowest BCUT2D eigenvalue weighted by Gasteiger charge is -2.14. The predicted octanol–water partition coefficient (Wildman–Crippen LogP) is 20.7. The zero-order valence-electron chi connectivity index (χ0n) is 41.8. The first-order chi connectivity index (χ1) is 35.1. The van der Waals surface area contributed by atoms with Crippen LogP contribution < -0.4 is 0 Å². The van der Waals surface area contributed by atoms with Crippen molar-refractivity contribution in [2.24, 2.45) is 0 Å². The van der Waals surface area contributed by atoms with E-state index in [4.69, 9.17) is 49.7 Å². The van der Waals surface area contributed by atoms with E-state index in [0.717, 1.165) is 62.5 Å². The molecular weight excluding hydrogens is 955 g/mol. The Balaban J connectivity index is -0.00000110. The van der Waals surface area contributed by atoms with Crippen molar-refractivity contribution in [1.82, 2.24) is 0 Å². The average Bonchev–Trinajstić information content (AvgIpc) is 3.85. The third kappa shape index (κ3) is 23.0. The van der Waals surface area contributed by atoms with Crippen molar-refractivity contribution in [3.8, 4) is 12.1 Å². The molecule has 0 saturated carbocycles. The van der Waals surface area contributed by atoms with E-state index in [2.05, 4.69) is 99.8 Å². The summed E-state index contributed by atoms with van der Waals surface area (Å²) in [5, 5.41) is 18.8. The molecule has 0 bridgehead atoms. The van der Waals surface area contributed by atoms with Crippen LogP contribution in [0.4, 0.5) is 45.4 Å². The quantitative estimate of drug-likeness (QED) is 0.109. The summed E-state index contributed by atoms with van der Waals surface area (Å²) in [5.74, 6) is 0. The van der Waals surface area contributed by atoms with Gasteiger partial charge in [-0.25, -0.2) is 20.2 Å². The average molecular weight is 1020 g/mol. The summed E-state index contributed by atoms with van der Waals surface area (Å²) < 4.78 is 83.0. The molecule has 4 nitrogen and oxygen atoms in total. The molecule has 0 heterocycles. The second-order valence-electron chi connectivity index (χ2n) is 15.8. The molecule has 0 amide bonds. The highest BCUT2D eigenvalue weighted by molar-refractivity contribution is 5.82. The number of benzene rings is 2. The number of halogens is 10. The number of alkyl halides is 2. The zero-order valence-corrected chi connectivity index (χ0v) is 41.8. The van der Waals surface area contributed by atoms with Gasteiger partial charge >= 0.3 is 0 Å². The van der Waals surface area contributed by atoms with Crippen LogP contribution in [0.5, 0.6) is 0 Å². The minimum absolute atomic E-state index is 0. The molecule has 2 aromatic carbocycles. The fourth-order valence-electron chi connectivity index (χ4n) is 7.85. The number of nitriles is 2. The molecule has 14 heteroatoms. The van der Waals surface area contributed by atoms with Crippen LogP contribution in [0.15, 0.2) is 200 Å². The van der Waals surface area contributed by atoms with Crippen molar-refractivity contribution in [2.45, 2.75) is 100 Å². The van der Waals surface area contributed by atoms with Crippen LogP contribution >= 0.6 is 0 Å². The second-order valence-corrected chi connectivity index (χ2v) is 15.8. The fraction of sp³-hybridized carbons (Fsp3) is 0.288. The third-order valence-electron chi connectivity index (χ3n) is 11.9. The van der Waals surface area contributed by atoms with Gasteiger partial charge in [-0.1, -0.05) is 140 Å². The van der Waals surface area contributed by atoms with E-state index in [-0.39, 0.29) is 18.8 Å².